The minimum absolute atomic E-state index is 0.239. The van der Waals surface area contributed by atoms with Crippen molar-refractivity contribution in [2.24, 2.45) is 0 Å². The van der Waals surface area contributed by atoms with E-state index in [9.17, 15) is 8.42 Å². The van der Waals surface area contributed by atoms with Crippen molar-refractivity contribution >= 4 is 10.1 Å². The van der Waals surface area contributed by atoms with Gasteiger partial charge in [0.25, 0.3) is 10.1 Å². The monoisotopic (exact) mass is 308 g/mol. The second-order valence-electron chi connectivity index (χ2n) is 5.49. The lowest BCUT2D eigenvalue weighted by atomic mass is 10.1. The number of unbranched alkanes of at least 4 members (excludes halogenated alkanes) is 9. The smallest absolute Gasteiger partial charge is 0.272 e. The highest BCUT2D eigenvalue weighted by atomic mass is 32.2. The van der Waals surface area contributed by atoms with Crippen molar-refractivity contribution < 1.29 is 17.7 Å². The minimum Gasteiger partial charge on any atom is -0.395 e. The molecule has 0 spiro atoms. The first-order valence-corrected chi connectivity index (χ1v) is 9.50. The quantitative estimate of drug-likeness (QED) is 0.393. The number of rotatable bonds is 14. The third kappa shape index (κ3) is 10.6. The van der Waals surface area contributed by atoms with E-state index in [1.165, 1.54) is 51.9 Å². The van der Waals surface area contributed by atoms with E-state index < -0.39 is 15.4 Å². The molecule has 1 atom stereocenters. The topological polar surface area (TPSA) is 63.6 Å². The van der Waals surface area contributed by atoms with Gasteiger partial charge in [0, 0.05) is 0 Å². The van der Waals surface area contributed by atoms with Gasteiger partial charge in [-0.1, -0.05) is 64.7 Å². The van der Waals surface area contributed by atoms with Crippen molar-refractivity contribution in [2.45, 2.75) is 83.3 Å². The van der Waals surface area contributed by atoms with Crippen LogP contribution in [0.5, 0.6) is 0 Å². The van der Waals surface area contributed by atoms with Crippen molar-refractivity contribution in [3.63, 3.8) is 0 Å². The maximum absolute atomic E-state index is 11.4. The van der Waals surface area contributed by atoms with Gasteiger partial charge < -0.3 is 5.11 Å². The molecule has 0 rings (SSSR count). The molecule has 0 aliphatic rings. The molecule has 0 aromatic rings. The van der Waals surface area contributed by atoms with E-state index in [1.54, 1.807) is 0 Å². The lowest BCUT2D eigenvalue weighted by Crippen LogP contribution is -2.24. The molecule has 0 aromatic heterocycles. The first-order valence-electron chi connectivity index (χ1n) is 8.03. The first kappa shape index (κ1) is 19.9. The Bertz CT molecular complexity index is 301. The van der Waals surface area contributed by atoms with E-state index in [0.717, 1.165) is 19.3 Å². The summed E-state index contributed by atoms with van der Waals surface area (Å²) in [6, 6.07) is 0. The lowest BCUT2D eigenvalue weighted by molar-refractivity contribution is 0.265. The molecule has 0 aliphatic carbocycles. The molecule has 0 saturated carbocycles. The van der Waals surface area contributed by atoms with Crippen LogP contribution in [0.1, 0.15) is 78.1 Å². The number of hydrogen-bond donors (Lipinski definition) is 1. The standard InChI is InChI=1S/C15H32O4S/c1-3-4-5-6-7-8-9-10-11-12-13-19-20(17,18)15(2)14-16/h15-16H,3-14H2,1-2H3. The Kier molecular flexibility index (Phi) is 12.5. The molecule has 0 aliphatic heterocycles. The normalized spacial score (nSPS) is 13.6. The zero-order valence-corrected chi connectivity index (χ0v) is 14.0. The van der Waals surface area contributed by atoms with Crippen LogP contribution in [0.25, 0.3) is 0 Å². The summed E-state index contributed by atoms with van der Waals surface area (Å²) in [4.78, 5) is 0. The highest BCUT2D eigenvalue weighted by Gasteiger charge is 2.20. The number of aliphatic hydroxyl groups is 1. The molecule has 0 bridgehead atoms. The Hall–Kier alpha value is -0.130. The molecule has 1 N–H and O–H groups in total. The van der Waals surface area contributed by atoms with Crippen molar-refractivity contribution in [1.82, 2.24) is 0 Å². The molecule has 0 heterocycles. The fourth-order valence-electron chi connectivity index (χ4n) is 1.97. The van der Waals surface area contributed by atoms with E-state index in [2.05, 4.69) is 6.92 Å². The van der Waals surface area contributed by atoms with Gasteiger partial charge in [-0.2, -0.15) is 8.42 Å². The third-order valence-corrected chi connectivity index (χ3v) is 5.13. The molecule has 0 amide bonds. The van der Waals surface area contributed by atoms with Crippen molar-refractivity contribution in [2.75, 3.05) is 13.2 Å². The molecule has 122 valence electrons. The molecule has 5 heteroatoms. The molecular formula is C15H32O4S. The summed E-state index contributed by atoms with van der Waals surface area (Å²) >= 11 is 0. The van der Waals surface area contributed by atoms with Crippen LogP contribution >= 0.6 is 0 Å². The second kappa shape index (κ2) is 12.6. The fraction of sp³-hybridized carbons (Fsp3) is 1.00. The van der Waals surface area contributed by atoms with Gasteiger partial charge in [0.05, 0.1) is 13.2 Å². The van der Waals surface area contributed by atoms with Gasteiger partial charge in [0.2, 0.25) is 0 Å². The van der Waals surface area contributed by atoms with E-state index in [1.807, 2.05) is 0 Å². The average Bonchev–Trinajstić information content (AvgIpc) is 2.43. The minimum atomic E-state index is -3.57. The van der Waals surface area contributed by atoms with Crippen LogP contribution < -0.4 is 0 Å². The van der Waals surface area contributed by atoms with Crippen LogP contribution in [-0.2, 0) is 14.3 Å². The van der Waals surface area contributed by atoms with Crippen molar-refractivity contribution in [1.29, 1.82) is 0 Å². The number of hydrogen-bond acceptors (Lipinski definition) is 4. The summed E-state index contributed by atoms with van der Waals surface area (Å²) in [5.41, 5.74) is 0. The van der Waals surface area contributed by atoms with E-state index in [4.69, 9.17) is 9.29 Å². The SMILES string of the molecule is CCCCCCCCCCCCOS(=O)(=O)C(C)CO. The molecule has 0 saturated heterocycles. The summed E-state index contributed by atoms with van der Waals surface area (Å²) in [6.07, 6.45) is 12.1. The van der Waals surface area contributed by atoms with Gasteiger partial charge in [0.1, 0.15) is 5.25 Å². The Balaban J connectivity index is 3.33. The van der Waals surface area contributed by atoms with Gasteiger partial charge in [-0.05, 0) is 13.3 Å². The van der Waals surface area contributed by atoms with Crippen LogP contribution in [0, 0.1) is 0 Å². The zero-order chi connectivity index (χ0) is 15.3. The third-order valence-electron chi connectivity index (χ3n) is 3.50. The molecule has 0 aromatic carbocycles. The van der Waals surface area contributed by atoms with Crippen molar-refractivity contribution in [3.8, 4) is 0 Å². The largest absolute Gasteiger partial charge is 0.395 e. The molecule has 4 nitrogen and oxygen atoms in total. The fourth-order valence-corrected chi connectivity index (χ4v) is 2.74. The van der Waals surface area contributed by atoms with Gasteiger partial charge in [-0.15, -0.1) is 0 Å². The number of aliphatic hydroxyl groups excluding tert-OH is 1. The summed E-state index contributed by atoms with van der Waals surface area (Å²) in [6.45, 7) is 3.53. The maximum Gasteiger partial charge on any atom is 0.272 e. The van der Waals surface area contributed by atoms with Crippen LogP contribution in [0.4, 0.5) is 0 Å². The molecule has 0 radical (unpaired) electrons. The molecular weight excluding hydrogens is 276 g/mol. The van der Waals surface area contributed by atoms with Crippen molar-refractivity contribution in [3.05, 3.63) is 0 Å². The predicted molar refractivity (Wildman–Crippen MR) is 83.3 cm³/mol. The van der Waals surface area contributed by atoms with Gasteiger partial charge in [-0.3, -0.25) is 4.18 Å². The van der Waals surface area contributed by atoms with E-state index in [0.29, 0.717) is 0 Å². The van der Waals surface area contributed by atoms with Gasteiger partial charge in [-0.25, -0.2) is 0 Å². The van der Waals surface area contributed by atoms with E-state index >= 15 is 0 Å². The maximum atomic E-state index is 11.4. The summed E-state index contributed by atoms with van der Waals surface area (Å²) < 4.78 is 27.7. The Morgan fingerprint density at radius 1 is 0.900 bits per heavy atom. The molecule has 1 unspecified atom stereocenters. The summed E-state index contributed by atoms with van der Waals surface area (Å²) in [5.74, 6) is 0. The van der Waals surface area contributed by atoms with Crippen LogP contribution in [0.15, 0.2) is 0 Å². The zero-order valence-electron chi connectivity index (χ0n) is 13.1. The summed E-state index contributed by atoms with van der Waals surface area (Å²) in [7, 11) is -3.57. The second-order valence-corrected chi connectivity index (χ2v) is 7.52. The van der Waals surface area contributed by atoms with Crippen LogP contribution in [0.2, 0.25) is 0 Å². The lowest BCUT2D eigenvalue weighted by Gasteiger charge is -2.09. The Morgan fingerprint density at radius 2 is 1.35 bits per heavy atom. The Labute approximate surface area is 125 Å². The highest BCUT2D eigenvalue weighted by Crippen LogP contribution is 2.11. The van der Waals surface area contributed by atoms with Crippen LogP contribution in [0.3, 0.4) is 0 Å². The molecule has 0 fully saturated rings. The molecule has 20 heavy (non-hydrogen) atoms. The predicted octanol–water partition coefficient (Wildman–Crippen LogP) is 3.63. The first-order chi connectivity index (χ1) is 9.54. The van der Waals surface area contributed by atoms with E-state index in [-0.39, 0.29) is 13.2 Å². The van der Waals surface area contributed by atoms with Crippen LogP contribution in [-0.4, -0.2) is 32.0 Å². The Morgan fingerprint density at radius 3 is 1.80 bits per heavy atom. The van der Waals surface area contributed by atoms with Gasteiger partial charge >= 0.3 is 0 Å². The average molecular weight is 308 g/mol. The highest BCUT2D eigenvalue weighted by molar-refractivity contribution is 7.87. The van der Waals surface area contributed by atoms with Gasteiger partial charge in [0.15, 0.2) is 0 Å². The summed E-state index contributed by atoms with van der Waals surface area (Å²) in [5, 5.41) is 7.96.